The number of hydrogen-bond acceptors (Lipinski definition) is 6. The van der Waals surface area contributed by atoms with E-state index in [4.69, 9.17) is 14.9 Å². The summed E-state index contributed by atoms with van der Waals surface area (Å²) in [5.41, 5.74) is 6.32. The Morgan fingerprint density at radius 2 is 2.33 bits per heavy atom. The highest BCUT2D eigenvalue weighted by Crippen LogP contribution is 2.30. The summed E-state index contributed by atoms with van der Waals surface area (Å²) in [5, 5.41) is 1.12. The Hall–Kier alpha value is -1.69. The number of nitrogens with zero attached hydrogens (tertiary/aromatic N) is 2. The Morgan fingerprint density at radius 3 is 3.00 bits per heavy atom. The lowest BCUT2D eigenvalue weighted by Crippen LogP contribution is -1.94. The van der Waals surface area contributed by atoms with Gasteiger partial charge in [-0.3, -0.25) is 0 Å². The Balaban J connectivity index is 2.27. The fourth-order valence-corrected chi connectivity index (χ4v) is 1.68. The number of methoxy groups -OCH3 is 1. The first-order valence-electron chi connectivity index (χ1n) is 4.17. The summed E-state index contributed by atoms with van der Waals surface area (Å²) in [4.78, 5) is 8.15. The number of oxazole rings is 1. The summed E-state index contributed by atoms with van der Waals surface area (Å²) in [7, 11) is 1.55. The minimum absolute atomic E-state index is 0.502. The van der Waals surface area contributed by atoms with Crippen LogP contribution in [0.2, 0.25) is 0 Å². The van der Waals surface area contributed by atoms with Gasteiger partial charge >= 0.3 is 0 Å². The van der Waals surface area contributed by atoms with Gasteiger partial charge in [-0.1, -0.05) is 0 Å². The molecule has 0 amide bonds. The molecule has 0 aromatic carbocycles. The Labute approximate surface area is 90.7 Å². The number of rotatable bonds is 3. The lowest BCUT2D eigenvalue weighted by atomic mass is 10.4. The number of nitrogen functional groups attached to an aromatic ring is 1. The zero-order valence-electron chi connectivity index (χ0n) is 8.01. The Kier molecular flexibility index (Phi) is 2.77. The first-order chi connectivity index (χ1) is 7.29. The molecule has 2 heterocycles. The second-order valence-electron chi connectivity index (χ2n) is 2.65. The number of nitrogens with two attached hydrogens (primary N) is 1. The molecule has 0 atom stereocenters. The molecule has 0 fully saturated rings. The normalized spacial score (nSPS) is 10.2. The van der Waals surface area contributed by atoms with E-state index >= 15 is 0 Å². The van der Waals surface area contributed by atoms with Crippen LogP contribution < -0.4 is 10.5 Å². The van der Waals surface area contributed by atoms with Crippen LogP contribution in [0.15, 0.2) is 39.3 Å². The van der Waals surface area contributed by atoms with E-state index in [1.54, 1.807) is 25.4 Å². The van der Waals surface area contributed by atoms with E-state index in [1.165, 1.54) is 18.0 Å². The SMILES string of the molecule is COc1ccc(N)c(Sc2ncco2)n1. The third kappa shape index (κ3) is 2.21. The number of anilines is 1. The molecule has 0 bridgehead atoms. The predicted molar refractivity (Wildman–Crippen MR) is 55.8 cm³/mol. The summed E-state index contributed by atoms with van der Waals surface area (Å²) in [5.74, 6) is 0.512. The molecule has 0 saturated carbocycles. The molecular weight excluding hydrogens is 214 g/mol. The van der Waals surface area contributed by atoms with Gasteiger partial charge in [-0.25, -0.2) is 9.97 Å². The summed E-state index contributed by atoms with van der Waals surface area (Å²) < 4.78 is 10.1. The second-order valence-corrected chi connectivity index (χ2v) is 3.59. The van der Waals surface area contributed by atoms with Gasteiger partial charge < -0.3 is 14.9 Å². The fourth-order valence-electron chi connectivity index (χ4n) is 0.973. The van der Waals surface area contributed by atoms with Crippen LogP contribution in [-0.2, 0) is 0 Å². The summed E-state index contributed by atoms with van der Waals surface area (Å²) in [6, 6.07) is 3.44. The molecule has 2 rings (SSSR count). The van der Waals surface area contributed by atoms with Crippen LogP contribution in [0.3, 0.4) is 0 Å². The van der Waals surface area contributed by atoms with Gasteiger partial charge in [0, 0.05) is 6.07 Å². The van der Waals surface area contributed by atoms with E-state index < -0.39 is 0 Å². The van der Waals surface area contributed by atoms with Crippen molar-refractivity contribution in [3.8, 4) is 5.88 Å². The number of ether oxygens (including phenoxy) is 1. The standard InChI is InChI=1S/C9H9N3O2S/c1-13-7-3-2-6(10)8(12-7)15-9-11-4-5-14-9/h2-5H,10H2,1H3. The van der Waals surface area contributed by atoms with Crippen LogP contribution in [0.1, 0.15) is 0 Å². The molecule has 5 nitrogen and oxygen atoms in total. The van der Waals surface area contributed by atoms with Crippen LogP contribution in [0.5, 0.6) is 5.88 Å². The molecule has 2 aromatic heterocycles. The number of aromatic nitrogens is 2. The predicted octanol–water partition coefficient (Wildman–Crippen LogP) is 1.81. The van der Waals surface area contributed by atoms with Crippen molar-refractivity contribution in [2.75, 3.05) is 12.8 Å². The average molecular weight is 223 g/mol. The van der Waals surface area contributed by atoms with Gasteiger partial charge in [-0.15, -0.1) is 0 Å². The van der Waals surface area contributed by atoms with Crippen LogP contribution in [0.4, 0.5) is 5.69 Å². The molecule has 0 radical (unpaired) electrons. The van der Waals surface area contributed by atoms with Crippen molar-refractivity contribution in [1.29, 1.82) is 0 Å². The first kappa shape index (κ1) is 9.85. The molecule has 0 unspecified atom stereocenters. The zero-order chi connectivity index (χ0) is 10.7. The van der Waals surface area contributed by atoms with E-state index in [-0.39, 0.29) is 0 Å². The lowest BCUT2D eigenvalue weighted by Gasteiger charge is -2.03. The molecule has 0 spiro atoms. The van der Waals surface area contributed by atoms with E-state index in [0.29, 0.717) is 21.8 Å². The average Bonchev–Trinajstić information content (AvgIpc) is 2.74. The van der Waals surface area contributed by atoms with E-state index in [2.05, 4.69) is 9.97 Å². The van der Waals surface area contributed by atoms with Gasteiger partial charge in [0.15, 0.2) is 0 Å². The molecule has 6 heteroatoms. The second kappa shape index (κ2) is 4.22. The minimum Gasteiger partial charge on any atom is -0.481 e. The lowest BCUT2D eigenvalue weighted by molar-refractivity contribution is 0.394. The quantitative estimate of drug-likeness (QED) is 0.855. The highest BCUT2D eigenvalue weighted by molar-refractivity contribution is 7.99. The van der Waals surface area contributed by atoms with Gasteiger partial charge in [-0.05, 0) is 17.8 Å². The van der Waals surface area contributed by atoms with Crippen molar-refractivity contribution in [2.45, 2.75) is 10.2 Å². The molecule has 15 heavy (non-hydrogen) atoms. The Morgan fingerprint density at radius 1 is 1.47 bits per heavy atom. The number of hydrogen-bond donors (Lipinski definition) is 1. The molecule has 2 N–H and O–H groups in total. The maximum atomic E-state index is 5.75. The maximum absolute atomic E-state index is 5.75. The summed E-state index contributed by atoms with van der Waals surface area (Å²) in [6.07, 6.45) is 3.07. The van der Waals surface area contributed by atoms with Crippen molar-refractivity contribution in [3.63, 3.8) is 0 Å². The molecule has 0 aliphatic rings. The van der Waals surface area contributed by atoms with Gasteiger partial charge in [0.1, 0.15) is 11.3 Å². The fraction of sp³-hybridized carbons (Fsp3) is 0.111. The van der Waals surface area contributed by atoms with Crippen molar-refractivity contribution >= 4 is 17.4 Å². The molecule has 0 saturated heterocycles. The zero-order valence-corrected chi connectivity index (χ0v) is 8.82. The van der Waals surface area contributed by atoms with Crippen molar-refractivity contribution < 1.29 is 9.15 Å². The smallest absolute Gasteiger partial charge is 0.262 e. The molecule has 2 aromatic rings. The Bertz CT molecular complexity index is 445. The molecule has 0 aliphatic heterocycles. The summed E-state index contributed by atoms with van der Waals surface area (Å²) in [6.45, 7) is 0. The van der Waals surface area contributed by atoms with Crippen molar-refractivity contribution in [1.82, 2.24) is 9.97 Å². The third-order valence-corrected chi connectivity index (χ3v) is 2.56. The highest BCUT2D eigenvalue weighted by Gasteiger charge is 2.08. The van der Waals surface area contributed by atoms with Crippen LogP contribution >= 0.6 is 11.8 Å². The van der Waals surface area contributed by atoms with Crippen LogP contribution in [0.25, 0.3) is 0 Å². The maximum Gasteiger partial charge on any atom is 0.262 e. The van der Waals surface area contributed by atoms with Crippen LogP contribution in [0, 0.1) is 0 Å². The minimum atomic E-state index is 0.502. The third-order valence-electron chi connectivity index (χ3n) is 1.67. The van der Waals surface area contributed by atoms with Gasteiger partial charge in [0.2, 0.25) is 5.88 Å². The molecule has 0 aliphatic carbocycles. The molecule has 78 valence electrons. The van der Waals surface area contributed by atoms with Gasteiger partial charge in [0.25, 0.3) is 5.22 Å². The van der Waals surface area contributed by atoms with E-state index in [0.717, 1.165) is 0 Å². The topological polar surface area (TPSA) is 74.2 Å². The van der Waals surface area contributed by atoms with Gasteiger partial charge in [0.05, 0.1) is 19.0 Å². The monoisotopic (exact) mass is 223 g/mol. The number of pyridine rings is 1. The largest absolute Gasteiger partial charge is 0.481 e. The van der Waals surface area contributed by atoms with Crippen LogP contribution in [-0.4, -0.2) is 17.1 Å². The molecular formula is C9H9N3O2S. The van der Waals surface area contributed by atoms with Gasteiger partial charge in [-0.2, -0.15) is 0 Å². The highest BCUT2D eigenvalue weighted by atomic mass is 32.2. The van der Waals surface area contributed by atoms with Crippen molar-refractivity contribution in [3.05, 3.63) is 24.6 Å². The first-order valence-corrected chi connectivity index (χ1v) is 4.99. The van der Waals surface area contributed by atoms with E-state index in [1.807, 2.05) is 0 Å². The van der Waals surface area contributed by atoms with Crippen molar-refractivity contribution in [2.24, 2.45) is 0 Å². The summed E-state index contributed by atoms with van der Waals surface area (Å²) >= 11 is 1.26. The van der Waals surface area contributed by atoms with E-state index in [9.17, 15) is 0 Å².